The normalized spacial score (nSPS) is 10.2. The number of carbonyl (C=O) groups is 1. The summed E-state index contributed by atoms with van der Waals surface area (Å²) in [4.78, 5) is 12.0. The SMILES string of the molecule is CCCCC(=O)c1ccc(C)c(C)c1OC. The highest BCUT2D eigenvalue weighted by molar-refractivity contribution is 5.99. The summed E-state index contributed by atoms with van der Waals surface area (Å²) in [5, 5.41) is 0. The molecule has 1 aromatic carbocycles. The molecular weight excluding hydrogens is 200 g/mol. The third-order valence-corrected chi connectivity index (χ3v) is 2.94. The third-order valence-electron chi connectivity index (χ3n) is 2.94. The first kappa shape index (κ1) is 12.8. The quantitative estimate of drug-likeness (QED) is 0.707. The van der Waals surface area contributed by atoms with Crippen LogP contribution in [-0.2, 0) is 0 Å². The molecule has 0 aromatic heterocycles. The van der Waals surface area contributed by atoms with E-state index in [1.807, 2.05) is 26.0 Å². The van der Waals surface area contributed by atoms with Crippen molar-refractivity contribution in [3.05, 3.63) is 28.8 Å². The lowest BCUT2D eigenvalue weighted by atomic mass is 9.99. The Morgan fingerprint density at radius 2 is 2.00 bits per heavy atom. The number of ketones is 1. The molecule has 0 unspecified atom stereocenters. The molecule has 88 valence electrons. The van der Waals surface area contributed by atoms with E-state index < -0.39 is 0 Å². The van der Waals surface area contributed by atoms with E-state index in [0.29, 0.717) is 6.42 Å². The van der Waals surface area contributed by atoms with Crippen molar-refractivity contribution in [3.8, 4) is 5.75 Å². The van der Waals surface area contributed by atoms with Crippen LogP contribution in [0.5, 0.6) is 5.75 Å². The fourth-order valence-electron chi connectivity index (χ4n) is 1.74. The number of methoxy groups -OCH3 is 1. The molecule has 16 heavy (non-hydrogen) atoms. The van der Waals surface area contributed by atoms with Crippen molar-refractivity contribution in [2.24, 2.45) is 0 Å². The number of aryl methyl sites for hydroxylation is 1. The van der Waals surface area contributed by atoms with Crippen molar-refractivity contribution in [1.82, 2.24) is 0 Å². The van der Waals surface area contributed by atoms with Gasteiger partial charge in [-0.2, -0.15) is 0 Å². The fraction of sp³-hybridized carbons (Fsp3) is 0.500. The van der Waals surface area contributed by atoms with Gasteiger partial charge in [0.25, 0.3) is 0 Å². The Morgan fingerprint density at radius 1 is 1.31 bits per heavy atom. The second-order valence-electron chi connectivity index (χ2n) is 4.11. The Hall–Kier alpha value is -1.31. The van der Waals surface area contributed by atoms with Crippen LogP contribution in [0.3, 0.4) is 0 Å². The molecule has 0 spiro atoms. The van der Waals surface area contributed by atoms with Gasteiger partial charge in [0.05, 0.1) is 12.7 Å². The standard InChI is InChI=1S/C14H20O2/c1-5-6-7-13(15)12-9-8-10(2)11(3)14(12)16-4/h8-9H,5-7H2,1-4H3. The van der Waals surface area contributed by atoms with Crippen molar-refractivity contribution in [2.75, 3.05) is 7.11 Å². The largest absolute Gasteiger partial charge is 0.496 e. The van der Waals surface area contributed by atoms with E-state index >= 15 is 0 Å². The summed E-state index contributed by atoms with van der Waals surface area (Å²) >= 11 is 0. The zero-order valence-electron chi connectivity index (χ0n) is 10.6. The second kappa shape index (κ2) is 5.69. The maximum Gasteiger partial charge on any atom is 0.166 e. The predicted molar refractivity (Wildman–Crippen MR) is 66.3 cm³/mol. The van der Waals surface area contributed by atoms with Gasteiger partial charge in [-0.1, -0.05) is 19.4 Å². The minimum atomic E-state index is 0.182. The first-order valence-electron chi connectivity index (χ1n) is 5.79. The number of Topliss-reactive ketones (excluding diaryl/α,β-unsaturated/α-hetero) is 1. The van der Waals surface area contributed by atoms with Crippen LogP contribution < -0.4 is 4.74 Å². The molecule has 0 aliphatic heterocycles. The molecule has 0 bridgehead atoms. The first-order chi connectivity index (χ1) is 7.61. The van der Waals surface area contributed by atoms with Crippen molar-refractivity contribution in [2.45, 2.75) is 40.0 Å². The van der Waals surface area contributed by atoms with E-state index in [4.69, 9.17) is 4.74 Å². The van der Waals surface area contributed by atoms with Crippen LogP contribution in [0.1, 0.15) is 47.7 Å². The molecule has 2 heteroatoms. The van der Waals surface area contributed by atoms with E-state index in [9.17, 15) is 4.79 Å². The number of unbranched alkanes of at least 4 members (excludes halogenated alkanes) is 1. The molecule has 1 rings (SSSR count). The van der Waals surface area contributed by atoms with Gasteiger partial charge in [-0.3, -0.25) is 4.79 Å². The topological polar surface area (TPSA) is 26.3 Å². The summed E-state index contributed by atoms with van der Waals surface area (Å²) in [7, 11) is 1.62. The molecule has 0 amide bonds. The van der Waals surface area contributed by atoms with Gasteiger partial charge in [-0.15, -0.1) is 0 Å². The highest BCUT2D eigenvalue weighted by atomic mass is 16.5. The van der Waals surface area contributed by atoms with Crippen LogP contribution in [0.4, 0.5) is 0 Å². The summed E-state index contributed by atoms with van der Waals surface area (Å²) in [6, 6.07) is 3.86. The van der Waals surface area contributed by atoms with Gasteiger partial charge in [0.2, 0.25) is 0 Å². The lowest BCUT2D eigenvalue weighted by Gasteiger charge is -2.12. The van der Waals surface area contributed by atoms with Crippen LogP contribution >= 0.6 is 0 Å². The van der Waals surface area contributed by atoms with Crippen molar-refractivity contribution < 1.29 is 9.53 Å². The van der Waals surface area contributed by atoms with Gasteiger partial charge >= 0.3 is 0 Å². The third kappa shape index (κ3) is 2.63. The summed E-state index contributed by atoms with van der Waals surface area (Å²) in [5.41, 5.74) is 2.94. The zero-order chi connectivity index (χ0) is 12.1. The molecule has 0 aliphatic carbocycles. The van der Waals surface area contributed by atoms with Crippen molar-refractivity contribution in [3.63, 3.8) is 0 Å². The predicted octanol–water partition coefficient (Wildman–Crippen LogP) is 3.68. The van der Waals surface area contributed by atoms with Crippen LogP contribution in [0.15, 0.2) is 12.1 Å². The average molecular weight is 220 g/mol. The van der Waals surface area contributed by atoms with Gasteiger partial charge in [-0.25, -0.2) is 0 Å². The van der Waals surface area contributed by atoms with E-state index in [2.05, 4.69) is 6.92 Å². The van der Waals surface area contributed by atoms with Crippen LogP contribution in [-0.4, -0.2) is 12.9 Å². The number of hydrogen-bond acceptors (Lipinski definition) is 2. The van der Waals surface area contributed by atoms with E-state index in [1.54, 1.807) is 7.11 Å². The van der Waals surface area contributed by atoms with Gasteiger partial charge in [-0.05, 0) is 37.5 Å². The highest BCUT2D eigenvalue weighted by Gasteiger charge is 2.14. The minimum Gasteiger partial charge on any atom is -0.496 e. The van der Waals surface area contributed by atoms with Crippen molar-refractivity contribution >= 4 is 5.78 Å². The first-order valence-corrected chi connectivity index (χ1v) is 5.79. The average Bonchev–Trinajstić information content (AvgIpc) is 2.29. The van der Waals surface area contributed by atoms with Gasteiger partial charge in [0.1, 0.15) is 5.75 Å². The van der Waals surface area contributed by atoms with Gasteiger partial charge in [0.15, 0.2) is 5.78 Å². The van der Waals surface area contributed by atoms with Gasteiger partial charge < -0.3 is 4.74 Å². The lowest BCUT2D eigenvalue weighted by Crippen LogP contribution is -2.04. The van der Waals surface area contributed by atoms with Crippen molar-refractivity contribution in [1.29, 1.82) is 0 Å². The van der Waals surface area contributed by atoms with E-state index in [0.717, 1.165) is 35.3 Å². The van der Waals surface area contributed by atoms with E-state index in [-0.39, 0.29) is 5.78 Å². The van der Waals surface area contributed by atoms with Crippen LogP contribution in [0.2, 0.25) is 0 Å². The molecule has 0 aliphatic rings. The van der Waals surface area contributed by atoms with Crippen LogP contribution in [0, 0.1) is 13.8 Å². The molecule has 0 fully saturated rings. The number of carbonyl (C=O) groups excluding carboxylic acids is 1. The molecule has 0 saturated carbocycles. The van der Waals surface area contributed by atoms with Crippen LogP contribution in [0.25, 0.3) is 0 Å². The molecule has 1 aromatic rings. The Kier molecular flexibility index (Phi) is 4.53. The van der Waals surface area contributed by atoms with E-state index in [1.165, 1.54) is 0 Å². The monoisotopic (exact) mass is 220 g/mol. The smallest absolute Gasteiger partial charge is 0.166 e. The number of hydrogen-bond donors (Lipinski definition) is 0. The molecule has 0 N–H and O–H groups in total. The molecule has 0 saturated heterocycles. The maximum absolute atomic E-state index is 12.0. The molecule has 0 radical (unpaired) electrons. The second-order valence-corrected chi connectivity index (χ2v) is 4.11. The van der Waals surface area contributed by atoms with Gasteiger partial charge in [0, 0.05) is 6.42 Å². The zero-order valence-corrected chi connectivity index (χ0v) is 10.6. The summed E-state index contributed by atoms with van der Waals surface area (Å²) in [6.45, 7) is 6.10. The highest BCUT2D eigenvalue weighted by Crippen LogP contribution is 2.27. The molecule has 0 heterocycles. The molecule has 2 nitrogen and oxygen atoms in total. The fourth-order valence-corrected chi connectivity index (χ4v) is 1.74. The molecular formula is C14H20O2. The number of benzene rings is 1. The Labute approximate surface area is 97.6 Å². The Bertz CT molecular complexity index is 381. The Balaban J connectivity index is 3.04. The number of ether oxygens (including phenoxy) is 1. The molecule has 0 atom stereocenters. The summed E-state index contributed by atoms with van der Waals surface area (Å²) in [5.74, 6) is 0.919. The summed E-state index contributed by atoms with van der Waals surface area (Å²) in [6.07, 6.45) is 2.59. The Morgan fingerprint density at radius 3 is 2.56 bits per heavy atom. The maximum atomic E-state index is 12.0. The summed E-state index contributed by atoms with van der Waals surface area (Å²) < 4.78 is 5.34. The lowest BCUT2D eigenvalue weighted by molar-refractivity contribution is 0.0976. The minimum absolute atomic E-state index is 0.182. The number of rotatable bonds is 5.